The summed E-state index contributed by atoms with van der Waals surface area (Å²) in [7, 11) is 0. The fourth-order valence-corrected chi connectivity index (χ4v) is 2.22. The van der Waals surface area contributed by atoms with Crippen LogP contribution in [0.4, 0.5) is 0 Å². The summed E-state index contributed by atoms with van der Waals surface area (Å²) in [6, 6.07) is 0. The molecule has 0 fully saturated rings. The first-order valence-corrected chi connectivity index (χ1v) is 10.2. The second-order valence-electron chi connectivity index (χ2n) is 7.09. The third kappa shape index (κ3) is 14.1. The molecule has 0 saturated carbocycles. The number of nitrogens with one attached hydrogen (secondary N) is 3. The van der Waals surface area contributed by atoms with E-state index in [1.165, 1.54) is 0 Å². The van der Waals surface area contributed by atoms with Gasteiger partial charge in [0.2, 0.25) is 41.4 Å². The molecule has 6 N–H and O–H groups in total. The summed E-state index contributed by atoms with van der Waals surface area (Å²) in [5, 5.41) is 35.3. The number of rotatable bonds is 14. The maximum Gasteiger partial charge on any atom is 0.243 e. The Labute approximate surface area is 200 Å². The molecule has 0 radical (unpaired) electrons. The highest BCUT2D eigenvalue weighted by Crippen LogP contribution is 1.91. The third-order valence-electron chi connectivity index (χ3n) is 4.17. The average Bonchev–Trinajstić information content (AvgIpc) is 2.75. The Kier molecular flexibility index (Phi) is 14.2. The van der Waals surface area contributed by atoms with E-state index in [2.05, 4.69) is 16.0 Å². The van der Waals surface area contributed by atoms with Crippen LogP contribution < -0.4 is 16.0 Å². The van der Waals surface area contributed by atoms with Gasteiger partial charge in [-0.1, -0.05) is 0 Å². The maximum atomic E-state index is 12.5. The first-order valence-electron chi connectivity index (χ1n) is 10.2. The highest BCUT2D eigenvalue weighted by Gasteiger charge is 2.18. The third-order valence-corrected chi connectivity index (χ3v) is 4.17. The number of hydrogen-bond donors (Lipinski definition) is 6. The molecular formula is C18H31N7O10. The second kappa shape index (κ2) is 15.9. The molecule has 0 aliphatic carbocycles. The molecule has 198 valence electrons. The van der Waals surface area contributed by atoms with Gasteiger partial charge < -0.3 is 20.9 Å². The monoisotopic (exact) mass is 505 g/mol. The van der Waals surface area contributed by atoms with Crippen LogP contribution in [0.25, 0.3) is 0 Å². The van der Waals surface area contributed by atoms with E-state index in [0.717, 1.165) is 25.7 Å². The van der Waals surface area contributed by atoms with Crippen LogP contribution in [0.15, 0.2) is 0 Å². The molecule has 35 heavy (non-hydrogen) atoms. The van der Waals surface area contributed by atoms with E-state index >= 15 is 0 Å². The van der Waals surface area contributed by atoms with Crippen molar-refractivity contribution < 1.29 is 49.2 Å². The number of carbonyl (C=O) groups excluding carboxylic acids is 7. The van der Waals surface area contributed by atoms with Gasteiger partial charge in [0.15, 0.2) is 0 Å². The molecule has 0 heterocycles. The van der Waals surface area contributed by atoms with E-state index in [1.807, 2.05) is 0 Å². The molecule has 0 atom stereocenters. The normalized spacial score (nSPS) is 10.0. The molecule has 17 nitrogen and oxygen atoms in total. The van der Waals surface area contributed by atoms with Crippen molar-refractivity contribution in [3.05, 3.63) is 0 Å². The molecule has 0 aliphatic heterocycles. The first-order chi connectivity index (χ1) is 16.2. The second-order valence-corrected chi connectivity index (χ2v) is 7.09. The van der Waals surface area contributed by atoms with Crippen LogP contribution in [0.3, 0.4) is 0 Å². The van der Waals surface area contributed by atoms with Crippen LogP contribution in [0, 0.1) is 0 Å². The maximum absolute atomic E-state index is 12.5. The van der Waals surface area contributed by atoms with E-state index in [0.29, 0.717) is 0 Å². The van der Waals surface area contributed by atoms with Crippen LogP contribution in [-0.4, -0.2) is 129 Å². The molecule has 0 aromatic carbocycles. The zero-order valence-electron chi connectivity index (χ0n) is 19.6. The van der Waals surface area contributed by atoms with Crippen molar-refractivity contribution in [1.29, 1.82) is 0 Å². The topological polar surface area (TPSA) is 229 Å². The number of hydrogen-bond acceptors (Lipinski definition) is 10. The van der Waals surface area contributed by atoms with Crippen molar-refractivity contribution in [3.63, 3.8) is 0 Å². The molecular weight excluding hydrogens is 474 g/mol. The molecule has 17 heteroatoms. The molecule has 0 aromatic heterocycles. The number of carbonyl (C=O) groups is 7. The van der Waals surface area contributed by atoms with Crippen LogP contribution in [0.5, 0.6) is 0 Å². The van der Waals surface area contributed by atoms with Gasteiger partial charge in [0.1, 0.15) is 19.6 Å². The lowest BCUT2D eigenvalue weighted by molar-refractivity contribution is -0.166. The van der Waals surface area contributed by atoms with Crippen molar-refractivity contribution in [2.75, 3.05) is 52.4 Å². The number of amides is 7. The molecule has 0 aliphatic rings. The molecule has 0 spiro atoms. The summed E-state index contributed by atoms with van der Waals surface area (Å²) in [4.78, 5) is 81.8. The Hall–Kier alpha value is -3.83. The van der Waals surface area contributed by atoms with Gasteiger partial charge in [0.05, 0.1) is 6.54 Å². The average molecular weight is 505 g/mol. The molecule has 0 aromatic rings. The Morgan fingerprint density at radius 3 is 1.20 bits per heavy atom. The summed E-state index contributed by atoms with van der Waals surface area (Å²) in [5.41, 5.74) is 0. The van der Waals surface area contributed by atoms with Crippen molar-refractivity contribution in [1.82, 2.24) is 36.0 Å². The van der Waals surface area contributed by atoms with E-state index < -0.39 is 67.5 Å². The first kappa shape index (κ1) is 31.2. The molecule has 0 unspecified atom stereocenters. The quantitative estimate of drug-likeness (QED) is 0.0986. The van der Waals surface area contributed by atoms with E-state index in [4.69, 9.17) is 0 Å². The smallest absolute Gasteiger partial charge is 0.243 e. The summed E-state index contributed by atoms with van der Waals surface area (Å²) >= 11 is 0. The lowest BCUT2D eigenvalue weighted by Crippen LogP contribution is -2.49. The molecule has 0 bridgehead atoms. The van der Waals surface area contributed by atoms with E-state index in [9.17, 15) is 49.2 Å². The van der Waals surface area contributed by atoms with Gasteiger partial charge in [-0.15, -0.1) is 0 Å². The zero-order valence-corrected chi connectivity index (χ0v) is 19.6. The van der Waals surface area contributed by atoms with Crippen LogP contribution in [0.2, 0.25) is 0 Å². The lowest BCUT2D eigenvalue weighted by Gasteiger charge is -2.24. The van der Waals surface area contributed by atoms with Gasteiger partial charge in [-0.05, 0) is 0 Å². The number of hydroxylamine groups is 6. The van der Waals surface area contributed by atoms with Crippen LogP contribution >= 0.6 is 0 Å². The fourth-order valence-electron chi connectivity index (χ4n) is 2.22. The van der Waals surface area contributed by atoms with Crippen molar-refractivity contribution in [3.8, 4) is 0 Å². The minimum Gasteiger partial charge on any atom is -0.353 e. The largest absolute Gasteiger partial charge is 0.353 e. The summed E-state index contributed by atoms with van der Waals surface area (Å²) in [6.45, 7) is 0.234. The summed E-state index contributed by atoms with van der Waals surface area (Å²) < 4.78 is 0. The molecule has 7 amide bonds. The minimum atomic E-state index is -0.822. The zero-order chi connectivity index (χ0) is 27.1. The Morgan fingerprint density at radius 2 is 0.886 bits per heavy atom. The van der Waals surface area contributed by atoms with Gasteiger partial charge in [-0.25, -0.2) is 15.2 Å². The van der Waals surface area contributed by atoms with Gasteiger partial charge in [0.25, 0.3) is 0 Å². The Bertz CT molecular complexity index is 767. The predicted molar refractivity (Wildman–Crippen MR) is 113 cm³/mol. The molecule has 0 rings (SSSR count). The van der Waals surface area contributed by atoms with Crippen LogP contribution in [0.1, 0.15) is 20.8 Å². The minimum absolute atomic E-state index is 0.0963. The van der Waals surface area contributed by atoms with Crippen molar-refractivity contribution in [2.45, 2.75) is 20.8 Å². The predicted octanol–water partition coefficient (Wildman–Crippen LogP) is -4.12. The van der Waals surface area contributed by atoms with E-state index in [-0.39, 0.29) is 41.4 Å². The highest BCUT2D eigenvalue weighted by atomic mass is 16.5. The van der Waals surface area contributed by atoms with E-state index in [1.54, 1.807) is 0 Å². The van der Waals surface area contributed by atoms with Crippen LogP contribution in [-0.2, 0) is 33.6 Å². The van der Waals surface area contributed by atoms with Gasteiger partial charge in [0, 0.05) is 47.0 Å². The van der Waals surface area contributed by atoms with Gasteiger partial charge in [-0.2, -0.15) is 0 Å². The summed E-state index contributed by atoms with van der Waals surface area (Å²) in [5.74, 6) is -5.17. The van der Waals surface area contributed by atoms with Gasteiger partial charge in [-0.3, -0.25) is 49.2 Å². The standard InChI is InChI=1S/C18H31N7O10/c1-12(26)23(33)9-15(29)19-4-6-22(7-5-20-16(30)10-24(34)13(2)27)18(32)8-21-17(31)11-25(35)14(3)28/h33-35H,4-11H2,1-3H3,(H,19,29)(H,20,30)(H,21,31). The van der Waals surface area contributed by atoms with Crippen molar-refractivity contribution >= 4 is 41.4 Å². The highest BCUT2D eigenvalue weighted by molar-refractivity contribution is 5.87. The fraction of sp³-hybridized carbons (Fsp3) is 0.611. The Balaban J connectivity index is 4.86. The summed E-state index contributed by atoms with van der Waals surface area (Å²) in [6.07, 6.45) is 0. The van der Waals surface area contributed by atoms with Gasteiger partial charge >= 0.3 is 0 Å². The van der Waals surface area contributed by atoms with Crippen molar-refractivity contribution in [2.24, 2.45) is 0 Å². The molecule has 0 saturated heterocycles. The Morgan fingerprint density at radius 1 is 0.571 bits per heavy atom. The lowest BCUT2D eigenvalue weighted by atomic mass is 10.4. The SMILES string of the molecule is CC(=O)N(O)CC(=O)NCCN(CCNC(=O)CN(O)C(C)=O)C(=O)CNC(=O)CN(O)C(C)=O. The number of nitrogens with zero attached hydrogens (tertiary/aromatic N) is 4.